The molecule has 0 atom stereocenters. The number of hydrogen-bond acceptors (Lipinski definition) is 5. The maximum Gasteiger partial charge on any atom is 0.148 e. The number of anilines is 1. The zero-order valence-corrected chi connectivity index (χ0v) is 17.5. The maximum absolute atomic E-state index is 15.7. The average molecular weight is 409 g/mol. The molecule has 148 valence electrons. The summed E-state index contributed by atoms with van der Waals surface area (Å²) in [6.45, 7) is 5.51. The van der Waals surface area contributed by atoms with Gasteiger partial charge in [-0.05, 0) is 49.1 Å². The van der Waals surface area contributed by atoms with E-state index >= 15 is 4.39 Å². The number of benzene rings is 1. The number of aromatic nitrogens is 4. The smallest absolute Gasteiger partial charge is 0.148 e. The molecule has 0 aliphatic rings. The molecule has 0 aliphatic carbocycles. The third kappa shape index (κ3) is 3.21. The minimum Gasteiger partial charge on any atom is -0.372 e. The van der Waals surface area contributed by atoms with Gasteiger partial charge in [-0.1, -0.05) is 18.7 Å². The minimum atomic E-state index is -0.758. The third-order valence-electron chi connectivity index (χ3n) is 4.89. The van der Waals surface area contributed by atoms with E-state index in [1.54, 1.807) is 24.6 Å². The molecule has 6 nitrogen and oxygen atoms in total. The van der Waals surface area contributed by atoms with E-state index in [2.05, 4.69) is 26.7 Å². The van der Waals surface area contributed by atoms with E-state index in [-0.39, 0.29) is 5.82 Å². The van der Waals surface area contributed by atoms with E-state index < -0.39 is 4.75 Å². The lowest BCUT2D eigenvalue weighted by Gasteiger charge is -2.19. The van der Waals surface area contributed by atoms with Gasteiger partial charge in [0.1, 0.15) is 16.4 Å². The maximum atomic E-state index is 15.7. The van der Waals surface area contributed by atoms with E-state index in [0.717, 1.165) is 27.8 Å². The summed E-state index contributed by atoms with van der Waals surface area (Å²) in [6.07, 6.45) is 4.12. The van der Waals surface area contributed by atoms with E-state index in [4.69, 9.17) is 0 Å². The Morgan fingerprint density at radius 3 is 2.86 bits per heavy atom. The normalized spacial score (nSPS) is 11.9. The second-order valence-electron chi connectivity index (χ2n) is 7.30. The van der Waals surface area contributed by atoms with E-state index in [0.29, 0.717) is 22.4 Å². The van der Waals surface area contributed by atoms with Crippen molar-refractivity contribution < 1.29 is 4.39 Å². The number of H-pyrrole nitrogens is 1. The Kier molecular flexibility index (Phi) is 4.71. The van der Waals surface area contributed by atoms with Crippen LogP contribution in [0, 0.1) is 17.1 Å². The largest absolute Gasteiger partial charge is 0.372 e. The van der Waals surface area contributed by atoms with Crippen molar-refractivity contribution >= 4 is 34.0 Å². The average Bonchev–Trinajstić information content (AvgIpc) is 3.35. The molecule has 0 aliphatic heterocycles. The number of hydrogen-bond donors (Lipinski definition) is 2. The summed E-state index contributed by atoms with van der Waals surface area (Å²) in [7, 11) is 1.82. The van der Waals surface area contributed by atoms with Crippen LogP contribution in [-0.4, -0.2) is 31.6 Å². The van der Waals surface area contributed by atoms with Gasteiger partial charge in [-0.2, -0.15) is 15.5 Å². The van der Waals surface area contributed by atoms with Crippen LogP contribution in [0.4, 0.5) is 10.2 Å². The van der Waals surface area contributed by atoms with Crippen LogP contribution in [0.2, 0.25) is 0 Å². The number of thioether (sulfide) groups is 1. The first-order chi connectivity index (χ1) is 13.9. The first-order valence-electron chi connectivity index (χ1n) is 9.33. The van der Waals surface area contributed by atoms with Gasteiger partial charge in [-0.15, -0.1) is 0 Å². The highest BCUT2D eigenvalue weighted by Crippen LogP contribution is 2.43. The minimum absolute atomic E-state index is 0.295. The molecule has 2 N–H and O–H groups in total. The molecule has 4 rings (SSSR count). The SMILES string of the molecule is CCc1c(F)c(SC(C)(C)C#N)c2[nH]ncc2c1-c1ccn2nc(NC)cc2c1. The molecule has 3 heterocycles. The molecule has 0 spiro atoms. The fraction of sp³-hybridized carbons (Fsp3) is 0.286. The first kappa shape index (κ1) is 19.3. The van der Waals surface area contributed by atoms with Crippen LogP contribution in [0.15, 0.2) is 35.5 Å². The predicted molar refractivity (Wildman–Crippen MR) is 115 cm³/mol. The Hall–Kier alpha value is -3.05. The highest BCUT2D eigenvalue weighted by molar-refractivity contribution is 8.01. The van der Waals surface area contributed by atoms with E-state index in [1.807, 2.05) is 38.4 Å². The Morgan fingerprint density at radius 2 is 2.17 bits per heavy atom. The molecule has 4 aromatic rings. The number of halogens is 1. The van der Waals surface area contributed by atoms with Crippen LogP contribution in [0.1, 0.15) is 26.3 Å². The van der Waals surface area contributed by atoms with Crippen LogP contribution >= 0.6 is 11.8 Å². The monoisotopic (exact) mass is 408 g/mol. The van der Waals surface area contributed by atoms with Crippen molar-refractivity contribution in [3.8, 4) is 17.2 Å². The number of nitrogens with one attached hydrogen (secondary N) is 2. The van der Waals surface area contributed by atoms with Gasteiger partial charge in [0.15, 0.2) is 0 Å². The van der Waals surface area contributed by atoms with Gasteiger partial charge in [0, 0.05) is 24.7 Å². The standard InChI is InChI=1S/C21H21FN6S/c1-5-14-17(12-6-7-28-13(8-12)9-16(24-4)27-28)15-10-25-26-19(15)20(18(14)22)29-21(2,3)11-23/h6-10H,5H2,1-4H3,(H,24,27)(H,25,26). The molecule has 1 aromatic carbocycles. The van der Waals surface area contributed by atoms with E-state index in [1.165, 1.54) is 11.8 Å². The fourth-order valence-electron chi connectivity index (χ4n) is 3.48. The Labute approximate surface area is 172 Å². The number of fused-ring (bicyclic) bond motifs is 2. The second kappa shape index (κ2) is 7.08. The predicted octanol–water partition coefficient (Wildman–Crippen LogP) is 5.02. The van der Waals surface area contributed by atoms with Gasteiger partial charge in [-0.25, -0.2) is 8.91 Å². The van der Waals surface area contributed by atoms with Gasteiger partial charge in [0.05, 0.1) is 28.2 Å². The molecule has 29 heavy (non-hydrogen) atoms. The molecular formula is C21H21FN6S. The van der Waals surface area contributed by atoms with Gasteiger partial charge in [0.25, 0.3) is 0 Å². The summed E-state index contributed by atoms with van der Waals surface area (Å²) in [6, 6.07) is 8.11. The Morgan fingerprint density at radius 1 is 1.38 bits per heavy atom. The lowest BCUT2D eigenvalue weighted by Crippen LogP contribution is -2.11. The third-order valence-corrected chi connectivity index (χ3v) is 6.08. The summed E-state index contributed by atoms with van der Waals surface area (Å²) < 4.78 is 16.7. The van der Waals surface area contributed by atoms with E-state index in [9.17, 15) is 5.26 Å². The molecule has 3 aromatic heterocycles. The van der Waals surface area contributed by atoms with Crippen molar-refractivity contribution in [3.05, 3.63) is 42.0 Å². The van der Waals surface area contributed by atoms with Crippen molar-refractivity contribution in [2.45, 2.75) is 36.8 Å². The number of aromatic amines is 1. The molecule has 0 unspecified atom stereocenters. The lowest BCUT2D eigenvalue weighted by molar-refractivity contribution is 0.589. The molecule has 0 radical (unpaired) electrons. The van der Waals surface area contributed by atoms with Crippen molar-refractivity contribution in [1.82, 2.24) is 19.8 Å². The Balaban J connectivity index is 1.98. The van der Waals surface area contributed by atoms with Crippen LogP contribution in [0.3, 0.4) is 0 Å². The molecule has 8 heteroatoms. The summed E-state index contributed by atoms with van der Waals surface area (Å²) >= 11 is 1.22. The molecule has 0 saturated heterocycles. The fourth-order valence-corrected chi connectivity index (χ4v) is 4.50. The summed E-state index contributed by atoms with van der Waals surface area (Å²) in [5.41, 5.74) is 3.87. The van der Waals surface area contributed by atoms with Gasteiger partial charge >= 0.3 is 0 Å². The second-order valence-corrected chi connectivity index (χ2v) is 8.93. The highest BCUT2D eigenvalue weighted by atomic mass is 32.2. The van der Waals surface area contributed by atoms with Crippen molar-refractivity contribution in [2.75, 3.05) is 12.4 Å². The quantitative estimate of drug-likeness (QED) is 0.453. The zero-order chi connectivity index (χ0) is 20.8. The zero-order valence-electron chi connectivity index (χ0n) is 16.7. The van der Waals surface area contributed by atoms with Crippen molar-refractivity contribution in [2.24, 2.45) is 0 Å². The highest BCUT2D eigenvalue weighted by Gasteiger charge is 2.27. The van der Waals surface area contributed by atoms with Crippen molar-refractivity contribution in [1.29, 1.82) is 5.26 Å². The summed E-state index contributed by atoms with van der Waals surface area (Å²) in [5, 5.41) is 24.8. The number of rotatable bonds is 5. The number of nitrogens with zero attached hydrogens (tertiary/aromatic N) is 4. The number of nitriles is 1. The van der Waals surface area contributed by atoms with Gasteiger partial charge in [-0.3, -0.25) is 5.10 Å². The topological polar surface area (TPSA) is 81.8 Å². The van der Waals surface area contributed by atoms with Gasteiger partial charge < -0.3 is 5.32 Å². The van der Waals surface area contributed by atoms with Crippen LogP contribution in [0.5, 0.6) is 0 Å². The Bertz CT molecular complexity index is 1260. The van der Waals surface area contributed by atoms with Crippen LogP contribution in [-0.2, 0) is 6.42 Å². The first-order valence-corrected chi connectivity index (χ1v) is 10.2. The molecule has 0 bridgehead atoms. The number of pyridine rings is 1. The van der Waals surface area contributed by atoms with Gasteiger partial charge in [0.2, 0.25) is 0 Å². The van der Waals surface area contributed by atoms with Crippen LogP contribution < -0.4 is 5.32 Å². The van der Waals surface area contributed by atoms with Crippen molar-refractivity contribution in [3.63, 3.8) is 0 Å². The molecule has 0 amide bonds. The molecular weight excluding hydrogens is 387 g/mol. The molecule has 0 saturated carbocycles. The summed E-state index contributed by atoms with van der Waals surface area (Å²) in [5.74, 6) is 0.472. The lowest BCUT2D eigenvalue weighted by atomic mass is 9.94. The van der Waals surface area contributed by atoms with Crippen LogP contribution in [0.25, 0.3) is 27.5 Å². The summed E-state index contributed by atoms with van der Waals surface area (Å²) in [4.78, 5) is 0.438. The molecule has 0 fully saturated rings.